The van der Waals surface area contributed by atoms with Crippen LogP contribution in [0.3, 0.4) is 0 Å². The van der Waals surface area contributed by atoms with Crippen LogP contribution in [0.4, 0.5) is 0 Å². The van der Waals surface area contributed by atoms with Gasteiger partial charge in [0.2, 0.25) is 0 Å². The lowest BCUT2D eigenvalue weighted by Gasteiger charge is -2.27. The highest BCUT2D eigenvalue weighted by Crippen LogP contribution is 2.43. The van der Waals surface area contributed by atoms with Gasteiger partial charge in [-0.05, 0) is 87.0 Å². The molecule has 4 aromatic carbocycles. The molecule has 1 N–H and O–H groups in total. The Bertz CT molecular complexity index is 2360. The molecule has 0 amide bonds. The van der Waals surface area contributed by atoms with Crippen molar-refractivity contribution in [2.24, 2.45) is 7.05 Å². The van der Waals surface area contributed by atoms with E-state index in [2.05, 4.69) is 138 Å². The standard InChI is InChI=1S/C45H44N4O/c1-28-25-47-39(24-35(28)30-17-13-10-14-18-30)33-20-31(29-15-11-9-12-16-29)19-32(21-33)37-26-46-27-40-41(37)48-43(49(40)8)36-22-34(44(2,3)4)23-38(42(36)50)45(5,6)7/h9-27,50H,1-8H3. The van der Waals surface area contributed by atoms with Crippen molar-refractivity contribution in [2.45, 2.75) is 59.3 Å². The highest BCUT2D eigenvalue weighted by atomic mass is 16.3. The van der Waals surface area contributed by atoms with Gasteiger partial charge in [0, 0.05) is 36.1 Å². The first-order valence-corrected chi connectivity index (χ1v) is 17.2. The Kier molecular flexibility index (Phi) is 8.18. The Morgan fingerprint density at radius 2 is 1.24 bits per heavy atom. The molecule has 0 bridgehead atoms. The summed E-state index contributed by atoms with van der Waals surface area (Å²) in [7, 11) is 2.00. The molecular formula is C45H44N4O. The van der Waals surface area contributed by atoms with E-state index >= 15 is 0 Å². The number of aromatic nitrogens is 4. The van der Waals surface area contributed by atoms with E-state index in [1.807, 2.05) is 37.8 Å². The number of phenols is 1. The largest absolute Gasteiger partial charge is 0.507 e. The van der Waals surface area contributed by atoms with Crippen molar-refractivity contribution in [3.63, 3.8) is 0 Å². The predicted octanol–water partition coefficient (Wildman–Crippen LogP) is 11.3. The lowest BCUT2D eigenvalue weighted by Crippen LogP contribution is -2.17. The van der Waals surface area contributed by atoms with E-state index in [1.54, 1.807) is 0 Å². The Morgan fingerprint density at radius 3 is 1.90 bits per heavy atom. The lowest BCUT2D eigenvalue weighted by molar-refractivity contribution is 0.446. The summed E-state index contributed by atoms with van der Waals surface area (Å²) in [6.45, 7) is 15.1. The van der Waals surface area contributed by atoms with E-state index in [4.69, 9.17) is 15.0 Å². The van der Waals surface area contributed by atoms with Gasteiger partial charge in [-0.1, -0.05) is 108 Å². The van der Waals surface area contributed by atoms with Crippen LogP contribution in [0.25, 0.3) is 67.1 Å². The molecule has 5 heteroatoms. The summed E-state index contributed by atoms with van der Waals surface area (Å²) in [6, 6.07) is 34.0. The molecule has 0 aliphatic carbocycles. The minimum atomic E-state index is -0.254. The Morgan fingerprint density at radius 1 is 0.600 bits per heavy atom. The van der Waals surface area contributed by atoms with Gasteiger partial charge in [-0.2, -0.15) is 0 Å². The van der Waals surface area contributed by atoms with Crippen LogP contribution in [0.1, 0.15) is 58.2 Å². The molecule has 5 nitrogen and oxygen atoms in total. The Hall–Kier alpha value is -5.55. The average Bonchev–Trinajstić information content (AvgIpc) is 3.44. The first-order chi connectivity index (χ1) is 23.8. The summed E-state index contributed by atoms with van der Waals surface area (Å²) in [5.41, 5.74) is 13.6. The monoisotopic (exact) mass is 656 g/mol. The fourth-order valence-electron chi connectivity index (χ4n) is 6.70. The molecule has 50 heavy (non-hydrogen) atoms. The molecular weight excluding hydrogens is 613 g/mol. The normalized spacial score (nSPS) is 12.1. The zero-order chi connectivity index (χ0) is 35.4. The summed E-state index contributed by atoms with van der Waals surface area (Å²) in [5.74, 6) is 0.974. The number of hydrogen-bond donors (Lipinski definition) is 1. The summed E-state index contributed by atoms with van der Waals surface area (Å²) >= 11 is 0. The third-order valence-electron chi connectivity index (χ3n) is 9.65. The highest BCUT2D eigenvalue weighted by molar-refractivity contribution is 5.96. The predicted molar refractivity (Wildman–Crippen MR) is 207 cm³/mol. The fourth-order valence-corrected chi connectivity index (χ4v) is 6.70. The van der Waals surface area contributed by atoms with Gasteiger partial charge >= 0.3 is 0 Å². The number of hydrogen-bond acceptors (Lipinski definition) is 4. The number of nitrogens with zero attached hydrogens (tertiary/aromatic N) is 4. The molecule has 250 valence electrons. The van der Waals surface area contributed by atoms with E-state index in [0.717, 1.165) is 77.9 Å². The van der Waals surface area contributed by atoms with Crippen LogP contribution in [0.5, 0.6) is 5.75 Å². The van der Waals surface area contributed by atoms with Gasteiger partial charge < -0.3 is 9.67 Å². The molecule has 7 rings (SSSR count). The summed E-state index contributed by atoms with van der Waals surface area (Å²) in [4.78, 5) is 14.9. The van der Waals surface area contributed by atoms with Crippen molar-refractivity contribution in [1.82, 2.24) is 19.5 Å². The van der Waals surface area contributed by atoms with Gasteiger partial charge in [0.25, 0.3) is 0 Å². The lowest BCUT2D eigenvalue weighted by atomic mass is 9.79. The van der Waals surface area contributed by atoms with Gasteiger partial charge in [-0.3, -0.25) is 9.97 Å². The maximum atomic E-state index is 11.8. The average molecular weight is 657 g/mol. The van der Waals surface area contributed by atoms with E-state index in [1.165, 1.54) is 0 Å². The molecule has 0 aliphatic rings. The SMILES string of the molecule is Cc1cnc(-c2cc(-c3ccccc3)cc(-c3cncc4c3nc(-c3cc(C(C)(C)C)cc(C(C)(C)C)c3O)n4C)c2)cc1-c1ccccc1. The quantitative estimate of drug-likeness (QED) is 0.200. The first kappa shape index (κ1) is 33.0. The maximum Gasteiger partial charge on any atom is 0.144 e. The van der Waals surface area contributed by atoms with Gasteiger partial charge in [0.15, 0.2) is 0 Å². The number of benzene rings is 4. The van der Waals surface area contributed by atoms with E-state index in [0.29, 0.717) is 5.82 Å². The third kappa shape index (κ3) is 6.09. The van der Waals surface area contributed by atoms with E-state index in [-0.39, 0.29) is 16.6 Å². The van der Waals surface area contributed by atoms with Crippen molar-refractivity contribution in [2.75, 3.05) is 0 Å². The topological polar surface area (TPSA) is 63.8 Å². The highest BCUT2D eigenvalue weighted by Gasteiger charge is 2.28. The van der Waals surface area contributed by atoms with Gasteiger partial charge in [-0.15, -0.1) is 0 Å². The molecule has 3 heterocycles. The van der Waals surface area contributed by atoms with Crippen molar-refractivity contribution >= 4 is 11.0 Å². The number of rotatable bonds is 5. The van der Waals surface area contributed by atoms with Gasteiger partial charge in [0.1, 0.15) is 17.1 Å². The molecule has 0 saturated carbocycles. The van der Waals surface area contributed by atoms with Crippen molar-refractivity contribution in [1.29, 1.82) is 0 Å². The van der Waals surface area contributed by atoms with Crippen LogP contribution in [0, 0.1) is 6.92 Å². The molecule has 0 saturated heterocycles. The third-order valence-corrected chi connectivity index (χ3v) is 9.65. The van der Waals surface area contributed by atoms with Crippen molar-refractivity contribution in [3.05, 3.63) is 132 Å². The number of pyridine rings is 2. The van der Waals surface area contributed by atoms with Crippen molar-refractivity contribution < 1.29 is 5.11 Å². The number of fused-ring (bicyclic) bond motifs is 1. The first-order valence-electron chi connectivity index (χ1n) is 17.2. The maximum absolute atomic E-state index is 11.8. The molecule has 7 aromatic rings. The van der Waals surface area contributed by atoms with Gasteiger partial charge in [0.05, 0.1) is 23.0 Å². The van der Waals surface area contributed by atoms with E-state index < -0.39 is 0 Å². The Balaban J connectivity index is 1.45. The summed E-state index contributed by atoms with van der Waals surface area (Å²) < 4.78 is 2.05. The number of aromatic hydroxyl groups is 1. The second-order valence-corrected chi connectivity index (χ2v) is 15.4. The summed E-state index contributed by atoms with van der Waals surface area (Å²) in [5, 5.41) is 11.8. The van der Waals surface area contributed by atoms with Crippen LogP contribution in [-0.4, -0.2) is 24.6 Å². The zero-order valence-corrected chi connectivity index (χ0v) is 30.2. The van der Waals surface area contributed by atoms with Crippen LogP contribution in [-0.2, 0) is 17.9 Å². The molecule has 0 aliphatic heterocycles. The number of phenolic OH excluding ortho intramolecular Hbond substituents is 1. The second-order valence-electron chi connectivity index (χ2n) is 15.4. The van der Waals surface area contributed by atoms with Crippen LogP contribution < -0.4 is 0 Å². The zero-order valence-electron chi connectivity index (χ0n) is 30.2. The molecule has 0 spiro atoms. The second kappa shape index (κ2) is 12.4. The van der Waals surface area contributed by atoms with Crippen LogP contribution >= 0.6 is 0 Å². The van der Waals surface area contributed by atoms with Crippen LogP contribution in [0.2, 0.25) is 0 Å². The minimum absolute atomic E-state index is 0.113. The minimum Gasteiger partial charge on any atom is -0.507 e. The number of imidazole rings is 1. The molecule has 0 unspecified atom stereocenters. The van der Waals surface area contributed by atoms with E-state index in [9.17, 15) is 5.11 Å². The molecule has 0 fully saturated rings. The smallest absolute Gasteiger partial charge is 0.144 e. The fraction of sp³-hybridized carbons (Fsp3) is 0.222. The van der Waals surface area contributed by atoms with Crippen molar-refractivity contribution in [3.8, 4) is 61.8 Å². The summed E-state index contributed by atoms with van der Waals surface area (Å²) in [6.07, 6.45) is 5.72. The van der Waals surface area contributed by atoms with Crippen LogP contribution in [0.15, 0.2) is 116 Å². The molecule has 0 atom stereocenters. The molecule has 0 radical (unpaired) electrons. The molecule has 3 aromatic heterocycles. The Labute approximate surface area is 295 Å². The number of aryl methyl sites for hydroxylation is 2. The van der Waals surface area contributed by atoms with Gasteiger partial charge in [-0.25, -0.2) is 4.98 Å².